The summed E-state index contributed by atoms with van der Waals surface area (Å²) in [6, 6.07) is 3.74. The van der Waals surface area contributed by atoms with Crippen molar-refractivity contribution in [1.29, 1.82) is 0 Å². The van der Waals surface area contributed by atoms with E-state index >= 15 is 0 Å². The van der Waals surface area contributed by atoms with Crippen LogP contribution in [0.25, 0.3) is 5.65 Å². The molecule has 9 heteroatoms. The first-order valence-corrected chi connectivity index (χ1v) is 10.4. The molecule has 3 aromatic rings. The first-order valence-electron chi connectivity index (χ1n) is 9.63. The Kier molecular flexibility index (Phi) is 6.55. The summed E-state index contributed by atoms with van der Waals surface area (Å²) >= 11 is 0.967. The summed E-state index contributed by atoms with van der Waals surface area (Å²) in [7, 11) is 0. The molecule has 0 aliphatic rings. The largest absolute Gasteiger partial charge is 0.462 e. The smallest absolute Gasteiger partial charge is 0.348 e. The van der Waals surface area contributed by atoms with E-state index in [9.17, 15) is 14.4 Å². The van der Waals surface area contributed by atoms with Crippen molar-refractivity contribution in [2.45, 2.75) is 27.7 Å². The van der Waals surface area contributed by atoms with Crippen LogP contribution in [0.3, 0.4) is 0 Å². The van der Waals surface area contributed by atoms with Crippen LogP contribution in [0.2, 0.25) is 0 Å². The fourth-order valence-electron chi connectivity index (χ4n) is 3.15. The number of rotatable bonds is 7. The van der Waals surface area contributed by atoms with Crippen LogP contribution in [-0.4, -0.2) is 40.4 Å². The second-order valence-corrected chi connectivity index (χ2v) is 7.82. The Balaban J connectivity index is 2.02. The van der Waals surface area contributed by atoms with Gasteiger partial charge in [-0.2, -0.15) is 0 Å². The molecule has 0 saturated carbocycles. The van der Waals surface area contributed by atoms with Crippen LogP contribution in [0.1, 0.15) is 54.3 Å². The van der Waals surface area contributed by atoms with Gasteiger partial charge in [0.15, 0.2) is 0 Å². The van der Waals surface area contributed by atoms with Crippen LogP contribution in [-0.2, 0) is 9.47 Å². The van der Waals surface area contributed by atoms with Crippen molar-refractivity contribution in [2.75, 3.05) is 18.5 Å². The number of fused-ring (bicyclic) bond motifs is 1. The number of nitrogens with zero attached hydrogens (tertiary/aromatic N) is 2. The number of hydrogen-bond donors (Lipinski definition) is 1. The standard InChI is InChI=1S/C22H23N3O5S/c1-6-10-30-22(28)18-13(4)16(21(27)29-7-2)20(31-18)24-19(26)17-14(5)23-15-11-12(3)8-9-25(15)17/h6,8-9,11H,1,7,10H2,2-5H3,(H,24,26). The summed E-state index contributed by atoms with van der Waals surface area (Å²) in [6.45, 7) is 10.7. The number of amides is 1. The van der Waals surface area contributed by atoms with E-state index < -0.39 is 17.8 Å². The molecule has 0 fully saturated rings. The van der Waals surface area contributed by atoms with Crippen molar-refractivity contribution in [3.63, 3.8) is 0 Å². The number of ether oxygens (including phenoxy) is 2. The van der Waals surface area contributed by atoms with Gasteiger partial charge in [-0.05, 0) is 51.0 Å². The first kappa shape index (κ1) is 22.2. The van der Waals surface area contributed by atoms with Crippen molar-refractivity contribution >= 4 is 39.8 Å². The highest BCUT2D eigenvalue weighted by Crippen LogP contribution is 2.35. The summed E-state index contributed by atoms with van der Waals surface area (Å²) in [4.78, 5) is 42.8. The summed E-state index contributed by atoms with van der Waals surface area (Å²) in [5, 5.41) is 2.98. The van der Waals surface area contributed by atoms with Gasteiger partial charge < -0.3 is 14.8 Å². The van der Waals surface area contributed by atoms with Gasteiger partial charge in [0.25, 0.3) is 5.91 Å². The SMILES string of the molecule is C=CCOC(=O)c1sc(NC(=O)c2c(C)nc3cc(C)ccn23)c(C(=O)OCC)c1C. The average molecular weight is 442 g/mol. The van der Waals surface area contributed by atoms with E-state index in [1.165, 1.54) is 6.08 Å². The molecule has 3 aromatic heterocycles. The molecule has 1 amide bonds. The third-order valence-corrected chi connectivity index (χ3v) is 5.73. The number of anilines is 1. The number of thiophene rings is 1. The molecule has 0 atom stereocenters. The molecule has 3 heterocycles. The maximum Gasteiger partial charge on any atom is 0.348 e. The highest BCUT2D eigenvalue weighted by atomic mass is 32.1. The van der Waals surface area contributed by atoms with Gasteiger partial charge in [0, 0.05) is 6.20 Å². The van der Waals surface area contributed by atoms with Gasteiger partial charge in [-0.25, -0.2) is 14.6 Å². The van der Waals surface area contributed by atoms with E-state index in [-0.39, 0.29) is 28.7 Å². The van der Waals surface area contributed by atoms with Gasteiger partial charge in [-0.3, -0.25) is 9.20 Å². The monoisotopic (exact) mass is 441 g/mol. The summed E-state index contributed by atoms with van der Waals surface area (Å²) in [6.07, 6.45) is 3.22. The Bertz CT molecular complexity index is 1190. The van der Waals surface area contributed by atoms with Crippen molar-refractivity contribution < 1.29 is 23.9 Å². The number of carbonyl (C=O) groups excluding carboxylic acids is 3. The van der Waals surface area contributed by atoms with Crippen LogP contribution >= 0.6 is 11.3 Å². The highest BCUT2D eigenvalue weighted by Gasteiger charge is 2.28. The minimum atomic E-state index is -0.625. The molecule has 0 spiro atoms. The van der Waals surface area contributed by atoms with E-state index in [0.29, 0.717) is 22.6 Å². The minimum absolute atomic E-state index is 0.0348. The first-order chi connectivity index (χ1) is 14.8. The van der Waals surface area contributed by atoms with Gasteiger partial charge in [0.1, 0.15) is 27.8 Å². The second-order valence-electron chi connectivity index (χ2n) is 6.80. The van der Waals surface area contributed by atoms with Crippen LogP contribution in [0.5, 0.6) is 0 Å². The minimum Gasteiger partial charge on any atom is -0.462 e. The summed E-state index contributed by atoms with van der Waals surface area (Å²) in [5.74, 6) is -1.68. The Morgan fingerprint density at radius 1 is 1.23 bits per heavy atom. The van der Waals surface area contributed by atoms with Crippen molar-refractivity contribution in [2.24, 2.45) is 0 Å². The topological polar surface area (TPSA) is 99.0 Å². The van der Waals surface area contributed by atoms with Crippen LogP contribution < -0.4 is 5.32 Å². The zero-order valence-electron chi connectivity index (χ0n) is 17.8. The molecular weight excluding hydrogens is 418 g/mol. The number of carbonyl (C=O) groups is 3. The third kappa shape index (κ3) is 4.36. The second kappa shape index (κ2) is 9.13. The number of imidazole rings is 1. The summed E-state index contributed by atoms with van der Waals surface area (Å²) in [5.41, 5.74) is 3.06. The Morgan fingerprint density at radius 3 is 2.65 bits per heavy atom. The third-order valence-electron chi connectivity index (χ3n) is 4.54. The maximum atomic E-state index is 13.1. The molecular formula is C22H23N3O5S. The maximum absolute atomic E-state index is 13.1. The lowest BCUT2D eigenvalue weighted by molar-refractivity contribution is 0.0527. The predicted octanol–water partition coefficient (Wildman–Crippen LogP) is 4.09. The van der Waals surface area contributed by atoms with Crippen LogP contribution in [0.4, 0.5) is 5.00 Å². The Labute approximate surface area is 183 Å². The molecule has 162 valence electrons. The molecule has 0 unspecified atom stereocenters. The van der Waals surface area contributed by atoms with Crippen LogP contribution in [0, 0.1) is 20.8 Å². The van der Waals surface area contributed by atoms with Gasteiger partial charge >= 0.3 is 11.9 Å². The summed E-state index contributed by atoms with van der Waals surface area (Å²) < 4.78 is 11.9. The lowest BCUT2D eigenvalue weighted by Crippen LogP contribution is -2.17. The molecule has 0 saturated heterocycles. The predicted molar refractivity (Wildman–Crippen MR) is 118 cm³/mol. The van der Waals surface area contributed by atoms with Gasteiger partial charge in [0.05, 0.1) is 17.9 Å². The van der Waals surface area contributed by atoms with Crippen LogP contribution in [0.15, 0.2) is 31.0 Å². The quantitative estimate of drug-likeness (QED) is 0.438. The number of hydrogen-bond acceptors (Lipinski definition) is 7. The lowest BCUT2D eigenvalue weighted by atomic mass is 10.1. The number of esters is 2. The Morgan fingerprint density at radius 2 is 1.97 bits per heavy atom. The molecule has 8 nitrogen and oxygen atoms in total. The average Bonchev–Trinajstić information content (AvgIpc) is 3.21. The van der Waals surface area contributed by atoms with Gasteiger partial charge in [-0.15, -0.1) is 11.3 Å². The molecule has 31 heavy (non-hydrogen) atoms. The fraction of sp³-hybridized carbons (Fsp3) is 0.273. The van der Waals surface area contributed by atoms with Gasteiger partial charge in [0.2, 0.25) is 0 Å². The van der Waals surface area contributed by atoms with E-state index in [0.717, 1.165) is 16.9 Å². The van der Waals surface area contributed by atoms with E-state index in [1.807, 2.05) is 19.1 Å². The van der Waals surface area contributed by atoms with Crippen molar-refractivity contribution in [1.82, 2.24) is 9.38 Å². The van der Waals surface area contributed by atoms with Crippen molar-refractivity contribution in [3.05, 3.63) is 63.9 Å². The molecule has 0 radical (unpaired) electrons. The number of pyridine rings is 1. The molecule has 0 aliphatic heterocycles. The zero-order chi connectivity index (χ0) is 22.7. The molecule has 0 aliphatic carbocycles. The molecule has 3 rings (SSSR count). The highest BCUT2D eigenvalue weighted by molar-refractivity contribution is 7.18. The lowest BCUT2D eigenvalue weighted by Gasteiger charge is -2.08. The van der Waals surface area contributed by atoms with Crippen molar-refractivity contribution in [3.8, 4) is 0 Å². The van der Waals surface area contributed by atoms with E-state index in [4.69, 9.17) is 9.47 Å². The zero-order valence-corrected chi connectivity index (χ0v) is 18.6. The number of nitrogens with one attached hydrogen (secondary N) is 1. The number of aromatic nitrogens is 2. The van der Waals surface area contributed by atoms with E-state index in [1.54, 1.807) is 31.4 Å². The normalized spacial score (nSPS) is 10.7. The van der Waals surface area contributed by atoms with Gasteiger partial charge in [-0.1, -0.05) is 12.7 Å². The Hall–Kier alpha value is -3.46. The molecule has 0 bridgehead atoms. The van der Waals surface area contributed by atoms with E-state index in [2.05, 4.69) is 16.9 Å². The number of aryl methyl sites for hydroxylation is 2. The molecule has 1 N–H and O–H groups in total. The molecule has 0 aromatic carbocycles. The fourth-order valence-corrected chi connectivity index (χ4v) is 4.23.